The molecule has 2 aromatic rings. The summed E-state index contributed by atoms with van der Waals surface area (Å²) in [5.74, 6) is -0.146. The molecule has 1 heterocycles. The van der Waals surface area contributed by atoms with Crippen LogP contribution in [0, 0.1) is 6.92 Å². The van der Waals surface area contributed by atoms with Crippen molar-refractivity contribution in [2.45, 2.75) is 19.9 Å². The predicted molar refractivity (Wildman–Crippen MR) is 101 cm³/mol. The molecule has 1 amide bonds. The molecule has 24 heavy (non-hydrogen) atoms. The van der Waals surface area contributed by atoms with Gasteiger partial charge in [-0.1, -0.05) is 48.0 Å². The van der Waals surface area contributed by atoms with E-state index >= 15 is 0 Å². The fourth-order valence-corrected chi connectivity index (χ4v) is 3.00. The Morgan fingerprint density at radius 1 is 1.04 bits per heavy atom. The van der Waals surface area contributed by atoms with E-state index in [4.69, 9.17) is 12.2 Å². The van der Waals surface area contributed by atoms with Gasteiger partial charge in [0.2, 0.25) is 0 Å². The summed E-state index contributed by atoms with van der Waals surface area (Å²) in [6.45, 7) is 3.88. The lowest BCUT2D eigenvalue weighted by Crippen LogP contribution is -2.45. The van der Waals surface area contributed by atoms with Crippen LogP contribution in [0.3, 0.4) is 0 Å². The summed E-state index contributed by atoms with van der Waals surface area (Å²) in [5.41, 5.74) is 4.31. The first kappa shape index (κ1) is 16.2. The Labute approximate surface area is 147 Å². The highest BCUT2D eigenvalue weighted by Gasteiger charge is 2.29. The maximum absolute atomic E-state index is 12.9. The van der Waals surface area contributed by atoms with Gasteiger partial charge in [0, 0.05) is 11.4 Å². The topological polar surface area (TPSA) is 53.2 Å². The predicted octanol–water partition coefficient (Wildman–Crippen LogP) is 3.43. The van der Waals surface area contributed by atoms with Gasteiger partial charge in [0.25, 0.3) is 5.91 Å². The van der Waals surface area contributed by atoms with Crippen LogP contribution in [0.2, 0.25) is 0 Å². The number of hydrogen-bond donors (Lipinski definition) is 3. The lowest BCUT2D eigenvalue weighted by molar-refractivity contribution is -0.113. The fraction of sp³-hybridized carbons (Fsp3) is 0.158. The molecule has 1 aliphatic rings. The van der Waals surface area contributed by atoms with Gasteiger partial charge >= 0.3 is 0 Å². The van der Waals surface area contributed by atoms with Gasteiger partial charge in [-0.2, -0.15) is 0 Å². The third-order valence-electron chi connectivity index (χ3n) is 3.96. The van der Waals surface area contributed by atoms with E-state index in [0.29, 0.717) is 10.7 Å². The summed E-state index contributed by atoms with van der Waals surface area (Å²) in [6, 6.07) is 17.3. The molecule has 4 nitrogen and oxygen atoms in total. The number of amides is 1. The number of anilines is 1. The number of rotatable bonds is 3. The Balaban J connectivity index is 1.92. The van der Waals surface area contributed by atoms with E-state index in [1.807, 2.05) is 68.4 Å². The van der Waals surface area contributed by atoms with E-state index in [1.54, 1.807) is 0 Å². The number of hydrogen-bond acceptors (Lipinski definition) is 2. The Hall–Kier alpha value is -2.66. The molecule has 0 saturated carbocycles. The quantitative estimate of drug-likeness (QED) is 0.751. The summed E-state index contributed by atoms with van der Waals surface area (Å²) >= 11 is 5.26. The first-order chi connectivity index (χ1) is 11.5. The molecular formula is C19H19N3OS. The standard InChI is InChI=1S/C19H19N3OS/c1-12-8-10-15(11-9-12)21-18(23)16-13(2)20-19(24)22-17(16)14-6-4-3-5-7-14/h3-11,17H,1-2H3,(H,21,23)(H2,20,22,24)/t17-/m1/s1. The highest BCUT2D eigenvalue weighted by molar-refractivity contribution is 7.80. The van der Waals surface area contributed by atoms with Crippen molar-refractivity contribution in [3.8, 4) is 0 Å². The normalized spacial score (nSPS) is 17.1. The second-order valence-electron chi connectivity index (χ2n) is 5.80. The van der Waals surface area contributed by atoms with E-state index < -0.39 is 0 Å². The molecule has 0 aliphatic carbocycles. The van der Waals surface area contributed by atoms with Crippen molar-refractivity contribution in [1.82, 2.24) is 10.6 Å². The summed E-state index contributed by atoms with van der Waals surface area (Å²) in [6.07, 6.45) is 0. The number of nitrogens with one attached hydrogen (secondary N) is 3. The van der Waals surface area contributed by atoms with Crippen LogP contribution in [0.15, 0.2) is 65.9 Å². The first-order valence-electron chi connectivity index (χ1n) is 7.76. The summed E-state index contributed by atoms with van der Waals surface area (Å²) in [4.78, 5) is 12.9. The first-order valence-corrected chi connectivity index (χ1v) is 8.16. The second-order valence-corrected chi connectivity index (χ2v) is 6.21. The summed E-state index contributed by atoms with van der Waals surface area (Å²) < 4.78 is 0. The number of thiocarbonyl (C=S) groups is 1. The van der Waals surface area contributed by atoms with Crippen LogP contribution in [0.1, 0.15) is 24.1 Å². The van der Waals surface area contributed by atoms with Crippen molar-refractivity contribution in [2.24, 2.45) is 0 Å². The van der Waals surface area contributed by atoms with Crippen molar-refractivity contribution in [1.29, 1.82) is 0 Å². The zero-order valence-electron chi connectivity index (χ0n) is 13.6. The average molecular weight is 337 g/mol. The molecule has 0 radical (unpaired) electrons. The Morgan fingerprint density at radius 2 is 1.71 bits per heavy atom. The highest BCUT2D eigenvalue weighted by Crippen LogP contribution is 2.27. The van der Waals surface area contributed by atoms with E-state index in [2.05, 4.69) is 16.0 Å². The van der Waals surface area contributed by atoms with Gasteiger partial charge in [-0.15, -0.1) is 0 Å². The minimum Gasteiger partial charge on any atom is -0.351 e. The van der Waals surface area contributed by atoms with E-state index in [9.17, 15) is 4.79 Å². The SMILES string of the molecule is CC1=C(C(=O)Nc2ccc(C)cc2)[C@@H](c2ccccc2)NC(=S)N1. The molecule has 122 valence electrons. The molecular weight excluding hydrogens is 318 g/mol. The molecule has 0 saturated heterocycles. The zero-order valence-corrected chi connectivity index (χ0v) is 14.4. The van der Waals surface area contributed by atoms with E-state index in [0.717, 1.165) is 22.5 Å². The van der Waals surface area contributed by atoms with Crippen LogP contribution in [-0.2, 0) is 4.79 Å². The second kappa shape index (κ2) is 6.84. The Morgan fingerprint density at radius 3 is 2.38 bits per heavy atom. The van der Waals surface area contributed by atoms with Gasteiger partial charge in [-0.05, 0) is 43.8 Å². The molecule has 0 unspecified atom stereocenters. The summed E-state index contributed by atoms with van der Waals surface area (Å²) in [7, 11) is 0. The van der Waals surface area contributed by atoms with Crippen molar-refractivity contribution in [3.63, 3.8) is 0 Å². The number of carbonyl (C=O) groups is 1. The molecule has 0 spiro atoms. The van der Waals surface area contributed by atoms with Gasteiger partial charge in [0.1, 0.15) is 0 Å². The van der Waals surface area contributed by atoms with Crippen molar-refractivity contribution in [3.05, 3.63) is 77.0 Å². The molecule has 2 aromatic carbocycles. The number of allylic oxidation sites excluding steroid dienone is 1. The fourth-order valence-electron chi connectivity index (χ4n) is 2.73. The van der Waals surface area contributed by atoms with Crippen LogP contribution in [0.5, 0.6) is 0 Å². The van der Waals surface area contributed by atoms with Gasteiger partial charge in [-0.25, -0.2) is 0 Å². The zero-order chi connectivity index (χ0) is 17.1. The molecule has 3 rings (SSSR count). The van der Waals surface area contributed by atoms with Crippen LogP contribution in [0.25, 0.3) is 0 Å². The minimum atomic E-state index is -0.273. The molecule has 0 aromatic heterocycles. The number of aryl methyl sites for hydroxylation is 1. The molecule has 1 aliphatic heterocycles. The lowest BCUT2D eigenvalue weighted by Gasteiger charge is -2.30. The van der Waals surface area contributed by atoms with Crippen molar-refractivity contribution in [2.75, 3.05) is 5.32 Å². The maximum Gasteiger partial charge on any atom is 0.255 e. The third kappa shape index (κ3) is 3.46. The van der Waals surface area contributed by atoms with Gasteiger partial charge in [0.05, 0.1) is 11.6 Å². The van der Waals surface area contributed by atoms with Gasteiger partial charge in [0.15, 0.2) is 5.11 Å². The van der Waals surface area contributed by atoms with Crippen LogP contribution >= 0.6 is 12.2 Å². The van der Waals surface area contributed by atoms with Crippen molar-refractivity contribution < 1.29 is 4.79 Å². The third-order valence-corrected chi connectivity index (χ3v) is 4.18. The Bertz CT molecular complexity index is 797. The monoisotopic (exact) mass is 337 g/mol. The highest BCUT2D eigenvalue weighted by atomic mass is 32.1. The maximum atomic E-state index is 12.9. The molecule has 0 fully saturated rings. The van der Waals surface area contributed by atoms with Gasteiger partial charge < -0.3 is 16.0 Å². The smallest absolute Gasteiger partial charge is 0.255 e. The largest absolute Gasteiger partial charge is 0.351 e. The molecule has 3 N–H and O–H groups in total. The van der Waals surface area contributed by atoms with Gasteiger partial charge in [-0.3, -0.25) is 4.79 Å². The lowest BCUT2D eigenvalue weighted by atomic mass is 9.95. The van der Waals surface area contributed by atoms with Crippen LogP contribution in [0.4, 0.5) is 5.69 Å². The average Bonchev–Trinajstić information content (AvgIpc) is 2.57. The number of benzene rings is 2. The van der Waals surface area contributed by atoms with E-state index in [1.165, 1.54) is 0 Å². The Kier molecular flexibility index (Phi) is 4.62. The number of carbonyl (C=O) groups excluding carboxylic acids is 1. The van der Waals surface area contributed by atoms with Crippen LogP contribution in [-0.4, -0.2) is 11.0 Å². The molecule has 0 bridgehead atoms. The van der Waals surface area contributed by atoms with E-state index in [-0.39, 0.29) is 11.9 Å². The molecule has 1 atom stereocenters. The van der Waals surface area contributed by atoms with Crippen LogP contribution < -0.4 is 16.0 Å². The minimum absolute atomic E-state index is 0.146. The molecule has 5 heteroatoms. The summed E-state index contributed by atoms with van der Waals surface area (Å²) in [5, 5.41) is 9.72. The van der Waals surface area contributed by atoms with Crippen molar-refractivity contribution >= 4 is 28.9 Å².